The van der Waals surface area contributed by atoms with Gasteiger partial charge in [0.15, 0.2) is 11.7 Å². The maximum absolute atomic E-state index is 14.3. The highest BCUT2D eigenvalue weighted by Gasteiger charge is 2.40. The molecular formula is C42H65N9O4. The van der Waals surface area contributed by atoms with Crippen LogP contribution in [0.1, 0.15) is 94.6 Å². The van der Waals surface area contributed by atoms with Crippen LogP contribution in [0.3, 0.4) is 0 Å². The molecule has 0 aromatic heterocycles. The van der Waals surface area contributed by atoms with E-state index in [9.17, 15) is 19.2 Å². The first kappa shape index (κ1) is 43.4. The van der Waals surface area contributed by atoms with Crippen LogP contribution in [0.15, 0.2) is 65.7 Å². The van der Waals surface area contributed by atoms with Crippen molar-refractivity contribution in [2.75, 3.05) is 20.1 Å². The highest BCUT2D eigenvalue weighted by molar-refractivity contribution is 5.97. The van der Waals surface area contributed by atoms with Gasteiger partial charge in [0, 0.05) is 12.6 Å². The van der Waals surface area contributed by atoms with Gasteiger partial charge in [0.05, 0.1) is 18.1 Å². The van der Waals surface area contributed by atoms with E-state index >= 15 is 0 Å². The SMILES string of the molecule is CN[C@@H](Cc1ccccc1)C(=O)N[C@@H](CCCCN)C(=O)N1CCC[C@H]1C(=O)C(CCC(Cc1ccccc1)NC(=O)[C@H](N)CC1CCCCC1)N=C(N)N. The van der Waals surface area contributed by atoms with Gasteiger partial charge in [-0.3, -0.25) is 19.2 Å². The number of unbranched alkanes of at least 4 members (excludes halogenated alkanes) is 1. The highest BCUT2D eigenvalue weighted by Crippen LogP contribution is 2.28. The summed E-state index contributed by atoms with van der Waals surface area (Å²) in [6.45, 7) is 0.837. The fraction of sp³-hybridized carbons (Fsp3) is 0.595. The van der Waals surface area contributed by atoms with E-state index in [1.807, 2.05) is 60.7 Å². The Morgan fingerprint density at radius 2 is 1.44 bits per heavy atom. The lowest BCUT2D eigenvalue weighted by molar-refractivity contribution is -0.141. The lowest BCUT2D eigenvalue weighted by atomic mass is 9.84. The Balaban J connectivity index is 1.47. The summed E-state index contributed by atoms with van der Waals surface area (Å²) in [6.07, 6.45) is 10.9. The molecule has 1 saturated heterocycles. The normalized spacial score (nSPS) is 18.7. The van der Waals surface area contributed by atoms with Crippen LogP contribution < -0.4 is 38.9 Å². The average molecular weight is 760 g/mol. The average Bonchev–Trinajstić information content (AvgIpc) is 3.69. The van der Waals surface area contributed by atoms with Crippen LogP contribution in [0.5, 0.6) is 0 Å². The van der Waals surface area contributed by atoms with E-state index in [1.54, 1.807) is 11.9 Å². The number of benzene rings is 2. The van der Waals surface area contributed by atoms with E-state index in [2.05, 4.69) is 20.9 Å². The minimum absolute atomic E-state index is 0.198. The molecule has 302 valence electrons. The van der Waals surface area contributed by atoms with E-state index < -0.39 is 30.2 Å². The molecule has 1 aliphatic heterocycles. The van der Waals surface area contributed by atoms with E-state index in [1.165, 1.54) is 19.3 Å². The molecule has 11 N–H and O–H groups in total. The van der Waals surface area contributed by atoms with Crippen LogP contribution in [-0.4, -0.2) is 90.8 Å². The second kappa shape index (κ2) is 22.9. The molecule has 2 aromatic rings. The Morgan fingerprint density at radius 1 is 0.782 bits per heavy atom. The number of carbonyl (C=O) groups is 4. The first-order valence-electron chi connectivity index (χ1n) is 20.3. The summed E-state index contributed by atoms with van der Waals surface area (Å²) in [6, 6.07) is 15.5. The van der Waals surface area contributed by atoms with Crippen LogP contribution in [0.25, 0.3) is 0 Å². The zero-order chi connectivity index (χ0) is 39.6. The summed E-state index contributed by atoms with van der Waals surface area (Å²) in [5, 5.41) is 9.26. The Bertz CT molecular complexity index is 1520. The number of nitrogens with two attached hydrogens (primary N) is 4. The second-order valence-corrected chi connectivity index (χ2v) is 15.4. The molecule has 6 atom stereocenters. The fourth-order valence-electron chi connectivity index (χ4n) is 8.08. The van der Waals surface area contributed by atoms with Crippen molar-refractivity contribution < 1.29 is 19.2 Å². The van der Waals surface area contributed by atoms with Crippen molar-refractivity contribution in [3.05, 3.63) is 71.8 Å². The molecule has 1 heterocycles. The molecule has 0 radical (unpaired) electrons. The van der Waals surface area contributed by atoms with Gasteiger partial charge in [-0.2, -0.15) is 0 Å². The number of aliphatic imine (C=N–C) groups is 1. The number of hydrogen-bond donors (Lipinski definition) is 7. The van der Waals surface area contributed by atoms with Crippen molar-refractivity contribution >= 4 is 29.5 Å². The Kier molecular flexibility index (Phi) is 18.1. The largest absolute Gasteiger partial charge is 0.370 e. The van der Waals surface area contributed by atoms with E-state index in [4.69, 9.17) is 22.9 Å². The monoisotopic (exact) mass is 760 g/mol. The van der Waals surface area contributed by atoms with Gasteiger partial charge in [-0.1, -0.05) is 92.8 Å². The predicted octanol–water partition coefficient (Wildman–Crippen LogP) is 2.44. The molecule has 1 saturated carbocycles. The third kappa shape index (κ3) is 14.0. The maximum atomic E-state index is 14.3. The number of nitrogens with one attached hydrogen (secondary N) is 3. The molecule has 2 aliphatic rings. The van der Waals surface area contributed by atoms with E-state index in [0.717, 1.165) is 24.0 Å². The zero-order valence-corrected chi connectivity index (χ0v) is 32.7. The van der Waals surface area contributed by atoms with Gasteiger partial charge in [-0.25, -0.2) is 4.99 Å². The minimum atomic E-state index is -0.931. The van der Waals surface area contributed by atoms with Crippen molar-refractivity contribution in [1.29, 1.82) is 0 Å². The number of carbonyl (C=O) groups excluding carboxylic acids is 4. The summed E-state index contributed by atoms with van der Waals surface area (Å²) >= 11 is 0. The number of likely N-dealkylation sites (tertiary alicyclic amines) is 1. The number of Topliss-reactive ketones (excluding diaryl/α,β-unsaturated/α-hetero) is 1. The molecular weight excluding hydrogens is 695 g/mol. The van der Waals surface area contributed by atoms with Crippen LogP contribution >= 0.6 is 0 Å². The van der Waals surface area contributed by atoms with Crippen LogP contribution in [-0.2, 0) is 32.0 Å². The molecule has 0 bridgehead atoms. The van der Waals surface area contributed by atoms with Crippen molar-refractivity contribution in [2.24, 2.45) is 33.8 Å². The quantitative estimate of drug-likeness (QED) is 0.0531. The third-order valence-corrected chi connectivity index (χ3v) is 11.1. The summed E-state index contributed by atoms with van der Waals surface area (Å²) in [5.74, 6) is -0.826. The number of guanidine groups is 1. The molecule has 3 amide bonds. The van der Waals surface area contributed by atoms with E-state index in [-0.39, 0.29) is 41.9 Å². The molecule has 2 fully saturated rings. The smallest absolute Gasteiger partial charge is 0.245 e. The standard InChI is InChI=1S/C42H65N9O4/c1-47-36(28-31-18-9-4-10-19-31)40(54)49-35(20-11-12-24-43)41(55)51-25-13-21-37(51)38(52)34(50-42(45)46)23-22-32(26-29-14-5-2-6-15-29)48-39(53)33(44)27-30-16-7-3-8-17-30/h2,4-6,9-10,14-15,18-19,30,32-37,47H,3,7-8,11-13,16-17,20-28,43-44H2,1H3,(H,48,53)(H,49,54)(H4,45,46,50)/t32?,33-,34?,35+,36+,37+/m1/s1. The number of rotatable bonds is 22. The maximum Gasteiger partial charge on any atom is 0.245 e. The molecule has 2 aromatic carbocycles. The lowest BCUT2D eigenvalue weighted by Crippen LogP contribution is -2.56. The molecule has 4 rings (SSSR count). The second-order valence-electron chi connectivity index (χ2n) is 15.4. The van der Waals surface area contributed by atoms with Gasteiger partial charge in [-0.05, 0) is 94.8 Å². The lowest BCUT2D eigenvalue weighted by Gasteiger charge is -2.31. The molecule has 1 aliphatic carbocycles. The van der Waals surface area contributed by atoms with Crippen molar-refractivity contribution in [3.8, 4) is 0 Å². The van der Waals surface area contributed by atoms with Gasteiger partial charge < -0.3 is 43.8 Å². The zero-order valence-electron chi connectivity index (χ0n) is 32.7. The van der Waals surface area contributed by atoms with E-state index in [0.29, 0.717) is 76.8 Å². The summed E-state index contributed by atoms with van der Waals surface area (Å²) in [5.41, 5.74) is 26.0. The first-order valence-corrected chi connectivity index (χ1v) is 20.3. The number of likely N-dealkylation sites (N-methyl/N-ethyl adjacent to an activating group) is 1. The van der Waals surface area contributed by atoms with Gasteiger partial charge in [-0.15, -0.1) is 0 Å². The van der Waals surface area contributed by atoms with Gasteiger partial charge in [0.1, 0.15) is 12.1 Å². The Labute approximate surface area is 327 Å². The van der Waals surface area contributed by atoms with Gasteiger partial charge in [0.25, 0.3) is 0 Å². The van der Waals surface area contributed by atoms with Crippen LogP contribution in [0.4, 0.5) is 0 Å². The van der Waals surface area contributed by atoms with Crippen LogP contribution in [0, 0.1) is 5.92 Å². The molecule has 13 heteroatoms. The van der Waals surface area contributed by atoms with Gasteiger partial charge >= 0.3 is 0 Å². The topological polar surface area (TPSA) is 224 Å². The summed E-state index contributed by atoms with van der Waals surface area (Å²) in [7, 11) is 1.72. The molecule has 2 unspecified atom stereocenters. The fourth-order valence-corrected chi connectivity index (χ4v) is 8.08. The van der Waals surface area contributed by atoms with Crippen molar-refractivity contribution in [1.82, 2.24) is 20.9 Å². The van der Waals surface area contributed by atoms with Crippen molar-refractivity contribution in [2.45, 2.75) is 133 Å². The number of amides is 3. The number of hydrogen-bond acceptors (Lipinski definition) is 8. The van der Waals surface area contributed by atoms with Crippen LogP contribution in [0.2, 0.25) is 0 Å². The number of nitrogens with zero attached hydrogens (tertiary/aromatic N) is 2. The Hall–Kier alpha value is -4.33. The van der Waals surface area contributed by atoms with Gasteiger partial charge in [0.2, 0.25) is 17.7 Å². The van der Waals surface area contributed by atoms with Crippen molar-refractivity contribution in [3.63, 3.8) is 0 Å². The molecule has 0 spiro atoms. The minimum Gasteiger partial charge on any atom is -0.370 e. The predicted molar refractivity (Wildman–Crippen MR) is 218 cm³/mol. The molecule has 13 nitrogen and oxygen atoms in total. The summed E-state index contributed by atoms with van der Waals surface area (Å²) in [4.78, 5) is 61.6. The first-order chi connectivity index (χ1) is 26.6. The third-order valence-electron chi connectivity index (χ3n) is 11.1. The summed E-state index contributed by atoms with van der Waals surface area (Å²) < 4.78 is 0. The number of ketones is 1. The Morgan fingerprint density at radius 3 is 2.05 bits per heavy atom. The molecule has 55 heavy (non-hydrogen) atoms. The highest BCUT2D eigenvalue weighted by atomic mass is 16.2.